The summed E-state index contributed by atoms with van der Waals surface area (Å²) in [4.78, 5) is 2.47. The Balaban J connectivity index is 1.88. The van der Waals surface area contributed by atoms with Crippen LogP contribution in [-0.2, 0) is 5.60 Å². The molecule has 112 valence electrons. The number of benzene rings is 1. The Morgan fingerprint density at radius 1 is 1.25 bits per heavy atom. The first-order valence-electron chi connectivity index (χ1n) is 7.88. The first-order valence-corrected chi connectivity index (χ1v) is 7.88. The van der Waals surface area contributed by atoms with Gasteiger partial charge in [0.1, 0.15) is 5.60 Å². The van der Waals surface area contributed by atoms with Gasteiger partial charge in [-0.2, -0.15) is 0 Å². The molecule has 0 amide bonds. The van der Waals surface area contributed by atoms with Crippen LogP contribution in [0, 0.1) is 5.92 Å². The van der Waals surface area contributed by atoms with Crippen LogP contribution >= 0.6 is 0 Å². The van der Waals surface area contributed by atoms with Crippen LogP contribution in [0.1, 0.15) is 38.2 Å². The van der Waals surface area contributed by atoms with E-state index in [2.05, 4.69) is 11.8 Å². The largest absolute Gasteiger partial charge is 0.384 e. The summed E-state index contributed by atoms with van der Waals surface area (Å²) in [5.41, 5.74) is 5.88. The number of nitrogens with two attached hydrogens (primary N) is 1. The number of hydrogen-bond acceptors (Lipinski definition) is 3. The van der Waals surface area contributed by atoms with E-state index in [1.54, 1.807) is 0 Å². The smallest absolute Gasteiger partial charge is 0.103 e. The molecule has 1 aromatic rings. The van der Waals surface area contributed by atoms with Crippen molar-refractivity contribution >= 4 is 0 Å². The summed E-state index contributed by atoms with van der Waals surface area (Å²) < 4.78 is 0. The zero-order chi connectivity index (χ0) is 14.4. The second-order valence-corrected chi connectivity index (χ2v) is 6.04. The molecule has 3 N–H and O–H groups in total. The molecule has 0 aromatic heterocycles. The van der Waals surface area contributed by atoms with Gasteiger partial charge in [-0.3, -0.25) is 0 Å². The average molecular weight is 276 g/mol. The normalized spacial score (nSPS) is 20.8. The standard InChI is InChI=1S/C17H28N2O/c1-2-15-8-11-19(12-9-15)13-10-17(20,14-18)16-6-4-3-5-7-16/h3-7,15,20H,2,8-14,18H2,1H3. The van der Waals surface area contributed by atoms with Gasteiger partial charge in [-0.1, -0.05) is 43.7 Å². The van der Waals surface area contributed by atoms with Crippen LogP contribution in [0.3, 0.4) is 0 Å². The lowest BCUT2D eigenvalue weighted by molar-refractivity contribution is 0.0219. The van der Waals surface area contributed by atoms with Gasteiger partial charge in [0.25, 0.3) is 0 Å². The Morgan fingerprint density at radius 2 is 1.90 bits per heavy atom. The van der Waals surface area contributed by atoms with Crippen LogP contribution in [0.4, 0.5) is 0 Å². The summed E-state index contributed by atoms with van der Waals surface area (Å²) in [6, 6.07) is 9.83. The predicted octanol–water partition coefficient (Wildman–Crippen LogP) is 2.34. The average Bonchev–Trinajstić information content (AvgIpc) is 2.54. The summed E-state index contributed by atoms with van der Waals surface area (Å²) in [5, 5.41) is 10.8. The van der Waals surface area contributed by atoms with Crippen LogP contribution in [0.25, 0.3) is 0 Å². The lowest BCUT2D eigenvalue weighted by atomic mass is 9.89. The minimum absolute atomic E-state index is 0.280. The third-order valence-corrected chi connectivity index (χ3v) is 4.77. The van der Waals surface area contributed by atoms with Gasteiger partial charge in [-0.15, -0.1) is 0 Å². The molecule has 2 rings (SSSR count). The Bertz CT molecular complexity index is 387. The quantitative estimate of drug-likeness (QED) is 0.838. The molecule has 0 saturated carbocycles. The fraction of sp³-hybridized carbons (Fsp3) is 0.647. The summed E-state index contributed by atoms with van der Waals surface area (Å²) in [7, 11) is 0. The SMILES string of the molecule is CCC1CCN(CCC(O)(CN)c2ccccc2)CC1. The first-order chi connectivity index (χ1) is 9.68. The maximum absolute atomic E-state index is 10.8. The Kier molecular flexibility index (Phi) is 5.58. The third-order valence-electron chi connectivity index (χ3n) is 4.77. The highest BCUT2D eigenvalue weighted by Gasteiger charge is 2.28. The van der Waals surface area contributed by atoms with Crippen molar-refractivity contribution in [2.24, 2.45) is 11.7 Å². The van der Waals surface area contributed by atoms with E-state index in [4.69, 9.17) is 5.73 Å². The van der Waals surface area contributed by atoms with Crippen LogP contribution in [0.2, 0.25) is 0 Å². The molecule has 0 bridgehead atoms. The fourth-order valence-corrected chi connectivity index (χ4v) is 3.07. The molecule has 0 spiro atoms. The highest BCUT2D eigenvalue weighted by atomic mass is 16.3. The summed E-state index contributed by atoms with van der Waals surface area (Å²) in [6.07, 6.45) is 4.60. The monoisotopic (exact) mass is 276 g/mol. The molecule has 20 heavy (non-hydrogen) atoms. The van der Waals surface area contributed by atoms with Gasteiger partial charge in [0.15, 0.2) is 0 Å². The van der Waals surface area contributed by atoms with E-state index in [0.29, 0.717) is 6.42 Å². The molecule has 1 aromatic carbocycles. The first kappa shape index (κ1) is 15.5. The molecule has 1 aliphatic heterocycles. The predicted molar refractivity (Wildman–Crippen MR) is 83.5 cm³/mol. The van der Waals surface area contributed by atoms with E-state index in [1.807, 2.05) is 30.3 Å². The lowest BCUT2D eigenvalue weighted by Gasteiger charge is -2.34. The number of nitrogens with zero attached hydrogens (tertiary/aromatic N) is 1. The van der Waals surface area contributed by atoms with Crippen molar-refractivity contribution in [3.8, 4) is 0 Å². The van der Waals surface area contributed by atoms with Crippen molar-refractivity contribution in [2.45, 2.75) is 38.2 Å². The van der Waals surface area contributed by atoms with E-state index in [1.165, 1.54) is 19.3 Å². The van der Waals surface area contributed by atoms with Gasteiger partial charge < -0.3 is 15.7 Å². The van der Waals surface area contributed by atoms with Gasteiger partial charge in [0, 0.05) is 13.1 Å². The summed E-state index contributed by atoms with van der Waals surface area (Å²) >= 11 is 0. The van der Waals surface area contributed by atoms with Crippen molar-refractivity contribution in [2.75, 3.05) is 26.2 Å². The van der Waals surface area contributed by atoms with E-state index in [9.17, 15) is 5.11 Å². The molecular formula is C17H28N2O. The number of piperidine rings is 1. The second-order valence-electron chi connectivity index (χ2n) is 6.04. The van der Waals surface area contributed by atoms with Gasteiger partial charge in [-0.05, 0) is 43.8 Å². The Morgan fingerprint density at radius 3 is 2.45 bits per heavy atom. The lowest BCUT2D eigenvalue weighted by Crippen LogP contribution is -2.41. The van der Waals surface area contributed by atoms with E-state index in [0.717, 1.165) is 31.1 Å². The van der Waals surface area contributed by atoms with Gasteiger partial charge >= 0.3 is 0 Å². The minimum atomic E-state index is -0.886. The van der Waals surface area contributed by atoms with E-state index in [-0.39, 0.29) is 6.54 Å². The van der Waals surface area contributed by atoms with Crippen LogP contribution < -0.4 is 5.73 Å². The van der Waals surface area contributed by atoms with Crippen molar-refractivity contribution < 1.29 is 5.11 Å². The van der Waals surface area contributed by atoms with Gasteiger partial charge in [-0.25, -0.2) is 0 Å². The second kappa shape index (κ2) is 7.21. The van der Waals surface area contributed by atoms with E-state index < -0.39 is 5.60 Å². The summed E-state index contributed by atoms with van der Waals surface area (Å²) in [6.45, 7) is 5.81. The molecule has 3 nitrogen and oxygen atoms in total. The molecule has 1 heterocycles. The highest BCUT2D eigenvalue weighted by molar-refractivity contribution is 5.22. The Labute approximate surface area is 122 Å². The van der Waals surface area contributed by atoms with Crippen LogP contribution in [0.5, 0.6) is 0 Å². The third kappa shape index (κ3) is 3.81. The number of hydrogen-bond donors (Lipinski definition) is 2. The topological polar surface area (TPSA) is 49.5 Å². The maximum atomic E-state index is 10.8. The molecule has 0 radical (unpaired) electrons. The van der Waals surface area contributed by atoms with Crippen molar-refractivity contribution in [3.63, 3.8) is 0 Å². The Hall–Kier alpha value is -0.900. The van der Waals surface area contributed by atoms with Crippen molar-refractivity contribution in [3.05, 3.63) is 35.9 Å². The zero-order valence-electron chi connectivity index (χ0n) is 12.6. The maximum Gasteiger partial charge on any atom is 0.103 e. The number of rotatable bonds is 6. The molecule has 3 heteroatoms. The van der Waals surface area contributed by atoms with E-state index >= 15 is 0 Å². The molecule has 1 fully saturated rings. The number of likely N-dealkylation sites (tertiary alicyclic amines) is 1. The molecular weight excluding hydrogens is 248 g/mol. The van der Waals surface area contributed by atoms with Gasteiger partial charge in [0.05, 0.1) is 0 Å². The molecule has 1 aliphatic rings. The van der Waals surface area contributed by atoms with Crippen molar-refractivity contribution in [1.82, 2.24) is 4.90 Å². The number of aliphatic hydroxyl groups is 1. The minimum Gasteiger partial charge on any atom is -0.384 e. The van der Waals surface area contributed by atoms with Gasteiger partial charge in [0.2, 0.25) is 0 Å². The van der Waals surface area contributed by atoms with Crippen molar-refractivity contribution in [1.29, 1.82) is 0 Å². The fourth-order valence-electron chi connectivity index (χ4n) is 3.07. The summed E-state index contributed by atoms with van der Waals surface area (Å²) in [5.74, 6) is 0.897. The van der Waals surface area contributed by atoms with Crippen LogP contribution in [-0.4, -0.2) is 36.2 Å². The van der Waals surface area contributed by atoms with Crippen LogP contribution in [0.15, 0.2) is 30.3 Å². The molecule has 1 saturated heterocycles. The molecule has 0 aliphatic carbocycles. The molecule has 1 atom stereocenters. The molecule has 1 unspecified atom stereocenters. The highest BCUT2D eigenvalue weighted by Crippen LogP contribution is 2.26. The zero-order valence-corrected chi connectivity index (χ0v) is 12.6.